The Balaban J connectivity index is 1.90. The molecule has 6 nitrogen and oxygen atoms in total. The summed E-state index contributed by atoms with van der Waals surface area (Å²) >= 11 is 0. The van der Waals surface area contributed by atoms with Gasteiger partial charge in [0.15, 0.2) is 6.04 Å². The molecule has 0 radical (unpaired) electrons. The van der Waals surface area contributed by atoms with Crippen molar-refractivity contribution in [2.75, 3.05) is 6.61 Å². The summed E-state index contributed by atoms with van der Waals surface area (Å²) in [5, 5.41) is 11.8. The number of ether oxygens (including phenoxy) is 2. The van der Waals surface area contributed by atoms with Crippen molar-refractivity contribution in [3.8, 4) is 0 Å². The van der Waals surface area contributed by atoms with Crippen LogP contribution in [0.2, 0.25) is 0 Å². The van der Waals surface area contributed by atoms with Crippen LogP contribution in [0.3, 0.4) is 0 Å². The zero-order valence-corrected chi connectivity index (χ0v) is 14.8. The Bertz CT molecular complexity index is 715. The van der Waals surface area contributed by atoms with Gasteiger partial charge in [-0.25, -0.2) is 9.59 Å². The van der Waals surface area contributed by atoms with Gasteiger partial charge in [-0.05, 0) is 25.0 Å². The van der Waals surface area contributed by atoms with Crippen molar-refractivity contribution in [1.29, 1.82) is 0 Å². The summed E-state index contributed by atoms with van der Waals surface area (Å²) in [5.41, 5.74) is 0.717. The quantitative estimate of drug-likeness (QED) is 0.744. The molecule has 2 N–H and O–H groups in total. The maximum atomic E-state index is 12.3. The van der Waals surface area contributed by atoms with E-state index >= 15 is 0 Å². The van der Waals surface area contributed by atoms with Crippen LogP contribution < -0.4 is 5.32 Å². The number of aliphatic hydroxyl groups is 1. The van der Waals surface area contributed by atoms with E-state index in [2.05, 4.69) is 5.32 Å². The van der Waals surface area contributed by atoms with E-state index in [0.717, 1.165) is 11.1 Å². The third-order valence-electron chi connectivity index (χ3n) is 3.80. The van der Waals surface area contributed by atoms with Gasteiger partial charge in [0.1, 0.15) is 12.2 Å². The molecule has 6 heteroatoms. The number of alkyl carbamates (subject to hydrolysis) is 1. The first-order valence-corrected chi connectivity index (χ1v) is 8.29. The van der Waals surface area contributed by atoms with Gasteiger partial charge in [-0.2, -0.15) is 0 Å². The molecule has 0 fully saturated rings. The molecule has 0 aliphatic rings. The predicted octanol–water partition coefficient (Wildman–Crippen LogP) is 2.75. The fourth-order valence-electron chi connectivity index (χ4n) is 2.31. The lowest BCUT2D eigenvalue weighted by Crippen LogP contribution is -2.46. The number of amides is 1. The molecular formula is C20H23NO5. The van der Waals surface area contributed by atoms with Gasteiger partial charge in [-0.1, -0.05) is 60.7 Å². The molecule has 0 aromatic heterocycles. The molecule has 26 heavy (non-hydrogen) atoms. The summed E-state index contributed by atoms with van der Waals surface area (Å²) in [6.45, 7) is 2.95. The highest BCUT2D eigenvalue weighted by atomic mass is 16.6. The molecule has 0 aliphatic heterocycles. The van der Waals surface area contributed by atoms with Crippen molar-refractivity contribution in [3.05, 3.63) is 71.8 Å². The molecule has 0 unspecified atom stereocenters. The number of hydrogen-bond acceptors (Lipinski definition) is 5. The first-order valence-electron chi connectivity index (χ1n) is 8.29. The molecule has 0 saturated heterocycles. The highest BCUT2D eigenvalue weighted by Crippen LogP contribution is 2.24. The van der Waals surface area contributed by atoms with Crippen molar-refractivity contribution in [1.82, 2.24) is 5.32 Å². The van der Waals surface area contributed by atoms with E-state index in [4.69, 9.17) is 9.47 Å². The van der Waals surface area contributed by atoms with Gasteiger partial charge in [0.05, 0.1) is 6.61 Å². The van der Waals surface area contributed by atoms with Crippen molar-refractivity contribution in [2.24, 2.45) is 0 Å². The average Bonchev–Trinajstić information content (AvgIpc) is 2.65. The topological polar surface area (TPSA) is 84.9 Å². The van der Waals surface area contributed by atoms with Crippen LogP contribution in [0.25, 0.3) is 0 Å². The van der Waals surface area contributed by atoms with Crippen LogP contribution in [-0.2, 0) is 26.5 Å². The van der Waals surface area contributed by atoms with Crippen molar-refractivity contribution >= 4 is 12.1 Å². The summed E-state index contributed by atoms with van der Waals surface area (Å²) in [4.78, 5) is 24.2. The smallest absolute Gasteiger partial charge is 0.408 e. The average molecular weight is 357 g/mol. The molecule has 0 saturated carbocycles. The standard InChI is InChI=1S/C20H23NO5/c1-20(2,16-11-7-4-8-12-16)26-18(23)17(13-22)21-19(24)25-14-15-9-5-3-6-10-15/h3-12,17,22H,13-14H2,1-2H3,(H,21,24)/t17-/m0/s1. The fraction of sp³-hybridized carbons (Fsp3) is 0.300. The highest BCUT2D eigenvalue weighted by Gasteiger charge is 2.30. The van der Waals surface area contributed by atoms with Gasteiger partial charge in [-0.15, -0.1) is 0 Å². The number of benzene rings is 2. The molecule has 2 aromatic carbocycles. The zero-order valence-electron chi connectivity index (χ0n) is 14.8. The Morgan fingerprint density at radius 2 is 1.62 bits per heavy atom. The second kappa shape index (κ2) is 9.01. The van der Waals surface area contributed by atoms with Gasteiger partial charge in [0.25, 0.3) is 0 Å². The normalized spacial score (nSPS) is 12.1. The minimum atomic E-state index is -1.21. The Kier molecular flexibility index (Phi) is 6.74. The van der Waals surface area contributed by atoms with E-state index < -0.39 is 30.3 Å². The van der Waals surface area contributed by atoms with E-state index in [1.165, 1.54) is 0 Å². The molecule has 1 amide bonds. The van der Waals surface area contributed by atoms with E-state index in [1.54, 1.807) is 13.8 Å². The van der Waals surface area contributed by atoms with E-state index in [-0.39, 0.29) is 6.61 Å². The molecule has 0 aliphatic carbocycles. The number of aliphatic hydroxyl groups excluding tert-OH is 1. The maximum absolute atomic E-state index is 12.3. The minimum Gasteiger partial charge on any atom is -0.453 e. The van der Waals surface area contributed by atoms with Gasteiger partial charge >= 0.3 is 12.1 Å². The Labute approximate surface area is 152 Å². The molecule has 2 rings (SSSR count). The van der Waals surface area contributed by atoms with Gasteiger partial charge < -0.3 is 19.9 Å². The fourth-order valence-corrected chi connectivity index (χ4v) is 2.31. The molecule has 2 aromatic rings. The molecule has 138 valence electrons. The molecule has 1 atom stereocenters. The van der Waals surface area contributed by atoms with Crippen molar-refractivity contribution in [3.63, 3.8) is 0 Å². The SMILES string of the molecule is CC(C)(OC(=O)[C@H](CO)NC(=O)OCc1ccccc1)c1ccccc1. The second-order valence-corrected chi connectivity index (χ2v) is 6.24. The van der Waals surface area contributed by atoms with Crippen LogP contribution >= 0.6 is 0 Å². The maximum Gasteiger partial charge on any atom is 0.408 e. The predicted molar refractivity (Wildman–Crippen MR) is 96.2 cm³/mol. The number of carbonyl (C=O) groups excluding carboxylic acids is 2. The third kappa shape index (κ3) is 5.60. The monoisotopic (exact) mass is 357 g/mol. The van der Waals surface area contributed by atoms with Crippen LogP contribution in [0.1, 0.15) is 25.0 Å². The van der Waals surface area contributed by atoms with Crippen LogP contribution in [0.5, 0.6) is 0 Å². The second-order valence-electron chi connectivity index (χ2n) is 6.24. The summed E-state index contributed by atoms with van der Waals surface area (Å²) in [6, 6.07) is 17.2. The van der Waals surface area contributed by atoms with Crippen LogP contribution in [0, 0.1) is 0 Å². The molecule has 0 bridgehead atoms. The molecule has 0 heterocycles. The van der Waals surface area contributed by atoms with Crippen molar-refractivity contribution < 1.29 is 24.2 Å². The summed E-state index contributed by atoms with van der Waals surface area (Å²) in [6.07, 6.45) is -0.803. The molecular weight excluding hydrogens is 334 g/mol. The van der Waals surface area contributed by atoms with Crippen molar-refractivity contribution in [2.45, 2.75) is 32.1 Å². The zero-order chi connectivity index (χ0) is 19.0. The van der Waals surface area contributed by atoms with E-state index in [0.29, 0.717) is 0 Å². The van der Waals surface area contributed by atoms with Crippen LogP contribution in [0.15, 0.2) is 60.7 Å². The first kappa shape index (κ1) is 19.5. The largest absolute Gasteiger partial charge is 0.453 e. The highest BCUT2D eigenvalue weighted by molar-refractivity contribution is 5.81. The van der Waals surface area contributed by atoms with Crippen LogP contribution in [-0.4, -0.2) is 29.8 Å². The Morgan fingerprint density at radius 1 is 1.04 bits per heavy atom. The minimum absolute atomic E-state index is 0.0649. The summed E-state index contributed by atoms with van der Waals surface area (Å²) in [5.74, 6) is -0.738. The van der Waals surface area contributed by atoms with E-state index in [1.807, 2.05) is 60.7 Å². The lowest BCUT2D eigenvalue weighted by atomic mass is 9.98. The number of rotatable bonds is 7. The summed E-state index contributed by atoms with van der Waals surface area (Å²) in [7, 11) is 0. The Hall–Kier alpha value is -2.86. The number of carbonyl (C=O) groups is 2. The lowest BCUT2D eigenvalue weighted by Gasteiger charge is -2.27. The Morgan fingerprint density at radius 3 is 2.19 bits per heavy atom. The number of nitrogens with one attached hydrogen (secondary N) is 1. The first-order chi connectivity index (χ1) is 12.4. The number of esters is 1. The summed E-state index contributed by atoms with van der Waals surface area (Å²) < 4.78 is 10.5. The third-order valence-corrected chi connectivity index (χ3v) is 3.80. The van der Waals surface area contributed by atoms with Crippen LogP contribution in [0.4, 0.5) is 4.79 Å². The van der Waals surface area contributed by atoms with Gasteiger partial charge in [0, 0.05) is 0 Å². The van der Waals surface area contributed by atoms with E-state index in [9.17, 15) is 14.7 Å². The number of hydrogen-bond donors (Lipinski definition) is 2. The lowest BCUT2D eigenvalue weighted by molar-refractivity contribution is -0.161. The molecule has 0 spiro atoms. The van der Waals surface area contributed by atoms with Gasteiger partial charge in [-0.3, -0.25) is 0 Å². The van der Waals surface area contributed by atoms with Gasteiger partial charge in [0.2, 0.25) is 0 Å².